The third-order valence-corrected chi connectivity index (χ3v) is 6.34. The third kappa shape index (κ3) is 4.38. The van der Waals surface area contributed by atoms with Gasteiger partial charge in [0.05, 0.1) is 25.3 Å². The summed E-state index contributed by atoms with van der Waals surface area (Å²) < 4.78 is 13.3. The van der Waals surface area contributed by atoms with E-state index in [2.05, 4.69) is 44.5 Å². The number of carbonyl (C=O) groups is 1. The zero-order valence-corrected chi connectivity index (χ0v) is 18.8. The van der Waals surface area contributed by atoms with E-state index in [4.69, 9.17) is 9.47 Å². The van der Waals surface area contributed by atoms with Crippen molar-refractivity contribution in [3.05, 3.63) is 71.1 Å². The van der Waals surface area contributed by atoms with Gasteiger partial charge in [0.2, 0.25) is 5.95 Å². The quantitative estimate of drug-likeness (QED) is 0.629. The Morgan fingerprint density at radius 2 is 1.97 bits per heavy atom. The number of rotatable bonds is 4. The molecule has 0 saturated carbocycles. The normalized spacial score (nSPS) is 18.8. The van der Waals surface area contributed by atoms with Gasteiger partial charge in [-0.25, -0.2) is 19.7 Å². The van der Waals surface area contributed by atoms with Crippen molar-refractivity contribution in [2.24, 2.45) is 0 Å². The third-order valence-electron chi connectivity index (χ3n) is 6.34. The van der Waals surface area contributed by atoms with Crippen LogP contribution in [0.5, 0.6) is 0 Å². The highest BCUT2D eigenvalue weighted by Gasteiger charge is 2.29. The van der Waals surface area contributed by atoms with Gasteiger partial charge in [0.1, 0.15) is 25.1 Å². The number of nitrogens with zero attached hydrogens (tertiary/aromatic N) is 5. The molecule has 2 aliphatic heterocycles. The number of carbonyl (C=O) groups excluding carboxylic acids is 1. The molecule has 9 nitrogen and oxygen atoms in total. The van der Waals surface area contributed by atoms with E-state index in [-0.39, 0.29) is 31.2 Å². The van der Waals surface area contributed by atoms with Crippen LogP contribution in [0.2, 0.25) is 0 Å². The van der Waals surface area contributed by atoms with Crippen molar-refractivity contribution in [1.82, 2.24) is 24.4 Å². The van der Waals surface area contributed by atoms with Crippen LogP contribution in [-0.4, -0.2) is 49.3 Å². The fourth-order valence-corrected chi connectivity index (χ4v) is 4.66. The Morgan fingerprint density at radius 1 is 1.15 bits per heavy atom. The highest BCUT2D eigenvalue weighted by Crippen LogP contribution is 2.26. The fourth-order valence-electron chi connectivity index (χ4n) is 4.66. The summed E-state index contributed by atoms with van der Waals surface area (Å²) in [6.45, 7) is 2.16. The SMILES string of the molecule is Cl.O=C(OCC1Cn2ccnc2CO1)N1Cc2cnc(NC3Cc4ccccc4C3)nc2C1. The number of imidazole rings is 1. The molecule has 10 heteroatoms. The molecule has 0 fully saturated rings. The largest absolute Gasteiger partial charge is 0.447 e. The minimum absolute atomic E-state index is 0. The number of amides is 1. The predicted molar refractivity (Wildman–Crippen MR) is 122 cm³/mol. The van der Waals surface area contributed by atoms with Crippen LogP contribution >= 0.6 is 12.4 Å². The standard InChI is InChI=1S/C23H24N6O3.ClH/c30-23(32-13-19-11-28-6-5-24-21(28)14-31-19)29-10-17-9-25-22(27-20(17)12-29)26-18-7-15-3-1-2-4-16(15)8-18;/h1-6,9,18-19H,7-8,10-14H2,(H,25,26,27);1H. The van der Waals surface area contributed by atoms with Gasteiger partial charge in [-0.05, 0) is 24.0 Å². The van der Waals surface area contributed by atoms with Crippen LogP contribution in [0.3, 0.4) is 0 Å². The maximum atomic E-state index is 12.6. The van der Waals surface area contributed by atoms with Crippen LogP contribution in [0, 0.1) is 0 Å². The molecule has 4 heterocycles. The van der Waals surface area contributed by atoms with Crippen LogP contribution < -0.4 is 5.32 Å². The van der Waals surface area contributed by atoms with Crippen molar-refractivity contribution >= 4 is 24.4 Å². The van der Waals surface area contributed by atoms with E-state index in [1.165, 1.54) is 11.1 Å². The Labute approximate surface area is 197 Å². The molecule has 2 aromatic heterocycles. The molecule has 33 heavy (non-hydrogen) atoms. The van der Waals surface area contributed by atoms with Crippen LogP contribution in [0.15, 0.2) is 42.9 Å². The Hall–Kier alpha value is -3.17. The van der Waals surface area contributed by atoms with Gasteiger partial charge < -0.3 is 19.4 Å². The lowest BCUT2D eigenvalue weighted by molar-refractivity contribution is -0.0386. The predicted octanol–water partition coefficient (Wildman–Crippen LogP) is 2.73. The minimum atomic E-state index is -0.358. The van der Waals surface area contributed by atoms with E-state index in [9.17, 15) is 4.79 Å². The molecule has 1 aliphatic carbocycles. The zero-order valence-electron chi connectivity index (χ0n) is 18.0. The summed E-state index contributed by atoms with van der Waals surface area (Å²) in [4.78, 5) is 27.6. The van der Waals surface area contributed by atoms with Gasteiger partial charge in [-0.3, -0.25) is 4.90 Å². The molecule has 3 aromatic rings. The van der Waals surface area contributed by atoms with Crippen molar-refractivity contribution in [2.75, 3.05) is 11.9 Å². The van der Waals surface area contributed by atoms with Crippen molar-refractivity contribution in [2.45, 2.75) is 51.2 Å². The van der Waals surface area contributed by atoms with Gasteiger partial charge in [0.25, 0.3) is 0 Å². The number of ether oxygens (including phenoxy) is 2. The average molecular weight is 469 g/mol. The number of benzene rings is 1. The first-order chi connectivity index (χ1) is 15.7. The second kappa shape index (κ2) is 8.99. The van der Waals surface area contributed by atoms with Gasteiger partial charge in [-0.15, -0.1) is 12.4 Å². The maximum Gasteiger partial charge on any atom is 0.410 e. The molecule has 1 N–H and O–H groups in total. The van der Waals surface area contributed by atoms with E-state index in [0.29, 0.717) is 38.2 Å². The van der Waals surface area contributed by atoms with Crippen molar-refractivity contribution in [3.63, 3.8) is 0 Å². The summed E-state index contributed by atoms with van der Waals surface area (Å²) in [6, 6.07) is 8.80. The number of halogens is 1. The number of anilines is 1. The molecule has 6 rings (SSSR count). The smallest absolute Gasteiger partial charge is 0.410 e. The van der Waals surface area contributed by atoms with Crippen molar-refractivity contribution < 1.29 is 14.3 Å². The first kappa shape index (κ1) is 21.7. The second-order valence-electron chi connectivity index (χ2n) is 8.55. The maximum absolute atomic E-state index is 12.6. The summed E-state index contributed by atoms with van der Waals surface area (Å²) in [5.74, 6) is 1.51. The number of hydrogen-bond donors (Lipinski definition) is 1. The van der Waals surface area contributed by atoms with Crippen LogP contribution in [0.4, 0.5) is 10.7 Å². The van der Waals surface area contributed by atoms with Crippen LogP contribution in [0.1, 0.15) is 28.2 Å². The Morgan fingerprint density at radius 3 is 2.79 bits per heavy atom. The van der Waals surface area contributed by atoms with Gasteiger partial charge in [-0.1, -0.05) is 24.3 Å². The molecule has 1 unspecified atom stereocenters. The van der Waals surface area contributed by atoms with Gasteiger partial charge in [0, 0.05) is 30.2 Å². The lowest BCUT2D eigenvalue weighted by Gasteiger charge is -2.25. The second-order valence-corrected chi connectivity index (χ2v) is 8.55. The Balaban J connectivity index is 0.00000228. The van der Waals surface area contributed by atoms with Gasteiger partial charge in [0.15, 0.2) is 0 Å². The minimum Gasteiger partial charge on any atom is -0.447 e. The highest BCUT2D eigenvalue weighted by atomic mass is 35.5. The topological polar surface area (TPSA) is 94.4 Å². The molecule has 0 radical (unpaired) electrons. The lowest BCUT2D eigenvalue weighted by Crippen LogP contribution is -2.34. The molecule has 0 saturated heterocycles. The number of aromatic nitrogens is 4. The molecule has 3 aliphatic rings. The van der Waals surface area contributed by atoms with E-state index in [1.807, 2.05) is 17.0 Å². The van der Waals surface area contributed by atoms with Crippen molar-refractivity contribution in [3.8, 4) is 0 Å². The van der Waals surface area contributed by atoms with Crippen LogP contribution in [0.25, 0.3) is 0 Å². The Kier molecular flexibility index (Phi) is 5.90. The molecule has 172 valence electrons. The van der Waals surface area contributed by atoms with Gasteiger partial charge in [-0.2, -0.15) is 0 Å². The molecule has 1 amide bonds. The molecular weight excluding hydrogens is 444 g/mol. The Bertz CT molecular complexity index is 1140. The number of fused-ring (bicyclic) bond motifs is 3. The number of nitrogens with one attached hydrogen (secondary N) is 1. The molecule has 1 atom stereocenters. The lowest BCUT2D eigenvalue weighted by atomic mass is 10.1. The average Bonchev–Trinajstić information content (AvgIpc) is 3.53. The summed E-state index contributed by atoms with van der Waals surface area (Å²) in [5, 5.41) is 3.45. The summed E-state index contributed by atoms with van der Waals surface area (Å²) in [6.07, 6.45) is 6.89. The van der Waals surface area contributed by atoms with E-state index in [1.54, 1.807) is 11.1 Å². The fraction of sp³-hybridized carbons (Fsp3) is 0.391. The van der Waals surface area contributed by atoms with E-state index < -0.39 is 0 Å². The van der Waals surface area contributed by atoms with E-state index >= 15 is 0 Å². The van der Waals surface area contributed by atoms with E-state index in [0.717, 1.165) is 29.9 Å². The summed E-state index contributed by atoms with van der Waals surface area (Å²) >= 11 is 0. The molecular formula is C23H25ClN6O3. The van der Waals surface area contributed by atoms with Crippen LogP contribution in [-0.2, 0) is 48.6 Å². The van der Waals surface area contributed by atoms with Crippen molar-refractivity contribution in [1.29, 1.82) is 0 Å². The monoisotopic (exact) mass is 468 g/mol. The first-order valence-corrected chi connectivity index (χ1v) is 10.9. The van der Waals surface area contributed by atoms with Gasteiger partial charge >= 0.3 is 6.09 Å². The molecule has 1 aromatic carbocycles. The summed E-state index contributed by atoms with van der Waals surface area (Å²) in [7, 11) is 0. The summed E-state index contributed by atoms with van der Waals surface area (Å²) in [5.41, 5.74) is 4.59. The molecule has 0 spiro atoms. The highest BCUT2D eigenvalue weighted by molar-refractivity contribution is 5.85. The molecule has 0 bridgehead atoms. The first-order valence-electron chi connectivity index (χ1n) is 10.9. The zero-order chi connectivity index (χ0) is 21.5. The number of hydrogen-bond acceptors (Lipinski definition) is 7.